The van der Waals surface area contributed by atoms with Gasteiger partial charge >= 0.3 is 0 Å². The number of thioether (sulfide) groups is 1. The van der Waals surface area contributed by atoms with Crippen LogP contribution in [0.5, 0.6) is 0 Å². The third-order valence-corrected chi connectivity index (χ3v) is 4.72. The Kier molecular flexibility index (Phi) is 3.97. The standard InChI is InChI=1S/C17H16FNOS/c1-11-3-2-4-12(9-11)17(20)19-15-7-8-21-16-6-5-13(18)10-14(15)16/h2-6,9-10,15H,7-8H2,1H3,(H,19,20)/t15-/m1/s1. The summed E-state index contributed by atoms with van der Waals surface area (Å²) < 4.78 is 13.5. The second-order valence-corrected chi connectivity index (χ2v) is 6.35. The van der Waals surface area contributed by atoms with Gasteiger partial charge in [0.2, 0.25) is 0 Å². The number of benzene rings is 2. The Hall–Kier alpha value is -1.81. The van der Waals surface area contributed by atoms with Crippen LogP contribution in [0.15, 0.2) is 47.4 Å². The molecular weight excluding hydrogens is 285 g/mol. The zero-order chi connectivity index (χ0) is 14.8. The Balaban J connectivity index is 1.83. The quantitative estimate of drug-likeness (QED) is 0.904. The van der Waals surface area contributed by atoms with E-state index in [0.717, 1.165) is 28.2 Å². The molecule has 0 saturated heterocycles. The largest absolute Gasteiger partial charge is 0.345 e. The molecule has 0 saturated carbocycles. The molecule has 1 atom stereocenters. The van der Waals surface area contributed by atoms with E-state index in [1.807, 2.05) is 25.1 Å². The summed E-state index contributed by atoms with van der Waals surface area (Å²) >= 11 is 1.71. The van der Waals surface area contributed by atoms with Crippen LogP contribution < -0.4 is 5.32 Å². The Morgan fingerprint density at radius 3 is 2.95 bits per heavy atom. The van der Waals surface area contributed by atoms with Gasteiger partial charge in [-0.2, -0.15) is 0 Å². The molecule has 2 aromatic rings. The minimum absolute atomic E-state index is 0.106. The fourth-order valence-electron chi connectivity index (χ4n) is 2.54. The number of rotatable bonds is 2. The van der Waals surface area contributed by atoms with E-state index in [1.165, 1.54) is 12.1 Å². The summed E-state index contributed by atoms with van der Waals surface area (Å²) in [4.78, 5) is 13.4. The molecule has 0 radical (unpaired) electrons. The molecule has 1 aliphatic rings. The molecule has 0 aromatic heterocycles. The van der Waals surface area contributed by atoms with Gasteiger partial charge < -0.3 is 5.32 Å². The van der Waals surface area contributed by atoms with Crippen molar-refractivity contribution < 1.29 is 9.18 Å². The predicted octanol–water partition coefficient (Wildman–Crippen LogP) is 4.10. The molecular formula is C17H16FNOS. The van der Waals surface area contributed by atoms with Crippen molar-refractivity contribution in [2.75, 3.05) is 5.75 Å². The van der Waals surface area contributed by atoms with Crippen LogP contribution in [-0.4, -0.2) is 11.7 Å². The van der Waals surface area contributed by atoms with Gasteiger partial charge in [-0.15, -0.1) is 11.8 Å². The average Bonchev–Trinajstić information content (AvgIpc) is 2.48. The molecule has 1 heterocycles. The van der Waals surface area contributed by atoms with E-state index in [1.54, 1.807) is 23.9 Å². The first-order chi connectivity index (χ1) is 10.1. The Labute approximate surface area is 127 Å². The van der Waals surface area contributed by atoms with Crippen molar-refractivity contribution in [3.63, 3.8) is 0 Å². The molecule has 1 aliphatic heterocycles. The molecule has 21 heavy (non-hydrogen) atoms. The van der Waals surface area contributed by atoms with Gasteiger partial charge in [-0.1, -0.05) is 17.7 Å². The molecule has 0 bridgehead atoms. The topological polar surface area (TPSA) is 29.1 Å². The lowest BCUT2D eigenvalue weighted by Crippen LogP contribution is -2.30. The second kappa shape index (κ2) is 5.90. The van der Waals surface area contributed by atoms with E-state index in [9.17, 15) is 9.18 Å². The zero-order valence-electron chi connectivity index (χ0n) is 11.7. The first-order valence-electron chi connectivity index (χ1n) is 6.93. The van der Waals surface area contributed by atoms with Crippen LogP contribution in [-0.2, 0) is 0 Å². The van der Waals surface area contributed by atoms with Gasteiger partial charge in [-0.25, -0.2) is 4.39 Å². The molecule has 2 aromatic carbocycles. The van der Waals surface area contributed by atoms with Crippen LogP contribution in [0.2, 0.25) is 0 Å². The van der Waals surface area contributed by atoms with Crippen LogP contribution in [0.4, 0.5) is 4.39 Å². The number of fused-ring (bicyclic) bond motifs is 1. The van der Waals surface area contributed by atoms with E-state index in [-0.39, 0.29) is 17.8 Å². The summed E-state index contributed by atoms with van der Waals surface area (Å²) in [6, 6.07) is 12.2. The second-order valence-electron chi connectivity index (χ2n) is 5.21. The Morgan fingerprint density at radius 1 is 1.29 bits per heavy atom. The Bertz CT molecular complexity index is 686. The highest BCUT2D eigenvalue weighted by molar-refractivity contribution is 7.99. The molecule has 0 spiro atoms. The van der Waals surface area contributed by atoms with E-state index in [2.05, 4.69) is 5.32 Å². The van der Waals surface area contributed by atoms with Gasteiger partial charge in [0.05, 0.1) is 6.04 Å². The van der Waals surface area contributed by atoms with Crippen LogP contribution in [0.25, 0.3) is 0 Å². The number of hydrogen-bond acceptors (Lipinski definition) is 2. The van der Waals surface area contributed by atoms with Gasteiger partial charge in [0.25, 0.3) is 5.91 Å². The summed E-state index contributed by atoms with van der Waals surface area (Å²) in [5.41, 5.74) is 2.58. The van der Waals surface area contributed by atoms with Crippen molar-refractivity contribution in [3.05, 3.63) is 65.0 Å². The number of aryl methyl sites for hydroxylation is 1. The number of carbonyl (C=O) groups excluding carboxylic acids is 1. The zero-order valence-corrected chi connectivity index (χ0v) is 12.5. The molecule has 3 rings (SSSR count). The molecule has 0 aliphatic carbocycles. The van der Waals surface area contributed by atoms with E-state index >= 15 is 0 Å². The SMILES string of the molecule is Cc1cccc(C(=O)N[C@@H]2CCSc3ccc(F)cc32)c1. The molecule has 108 valence electrons. The van der Waals surface area contributed by atoms with Crippen LogP contribution in [0, 0.1) is 12.7 Å². The fourth-order valence-corrected chi connectivity index (χ4v) is 3.65. The van der Waals surface area contributed by atoms with Gasteiger partial charge in [-0.3, -0.25) is 4.79 Å². The van der Waals surface area contributed by atoms with Crippen LogP contribution in [0.3, 0.4) is 0 Å². The summed E-state index contributed by atoms with van der Waals surface area (Å²) in [6.45, 7) is 1.96. The third kappa shape index (κ3) is 3.10. The molecule has 0 fully saturated rings. The maximum absolute atomic E-state index is 13.5. The number of nitrogens with one attached hydrogen (secondary N) is 1. The number of amides is 1. The van der Waals surface area contributed by atoms with Crippen LogP contribution in [0.1, 0.15) is 33.9 Å². The normalized spacial score (nSPS) is 17.1. The van der Waals surface area contributed by atoms with Gasteiger partial charge in [0.1, 0.15) is 5.82 Å². The van der Waals surface area contributed by atoms with Gasteiger partial charge in [0.15, 0.2) is 0 Å². The lowest BCUT2D eigenvalue weighted by Gasteiger charge is -2.26. The molecule has 1 amide bonds. The highest BCUT2D eigenvalue weighted by atomic mass is 32.2. The first-order valence-corrected chi connectivity index (χ1v) is 7.92. The maximum atomic E-state index is 13.5. The number of carbonyl (C=O) groups is 1. The molecule has 2 nitrogen and oxygen atoms in total. The number of hydrogen-bond donors (Lipinski definition) is 1. The lowest BCUT2D eigenvalue weighted by atomic mass is 10.0. The summed E-state index contributed by atoms with van der Waals surface area (Å²) in [6.07, 6.45) is 0.818. The van der Waals surface area contributed by atoms with Crippen molar-refractivity contribution in [2.45, 2.75) is 24.3 Å². The van der Waals surface area contributed by atoms with Crippen LogP contribution >= 0.6 is 11.8 Å². The molecule has 4 heteroatoms. The fraction of sp³-hybridized carbons (Fsp3) is 0.235. The van der Waals surface area contributed by atoms with Crippen molar-refractivity contribution in [1.82, 2.24) is 5.32 Å². The highest BCUT2D eigenvalue weighted by Crippen LogP contribution is 2.36. The van der Waals surface area contributed by atoms with Gasteiger partial charge in [-0.05, 0) is 49.2 Å². The minimum Gasteiger partial charge on any atom is -0.345 e. The first kappa shape index (κ1) is 14.1. The minimum atomic E-state index is -0.258. The van der Waals surface area contributed by atoms with E-state index in [0.29, 0.717) is 5.56 Å². The molecule has 1 N–H and O–H groups in total. The van der Waals surface area contributed by atoms with Gasteiger partial charge in [0, 0.05) is 16.2 Å². The number of halogens is 1. The maximum Gasteiger partial charge on any atom is 0.251 e. The summed E-state index contributed by atoms with van der Waals surface area (Å²) in [5, 5.41) is 3.03. The summed E-state index contributed by atoms with van der Waals surface area (Å²) in [5.74, 6) is 0.564. The van der Waals surface area contributed by atoms with Crippen molar-refractivity contribution in [3.8, 4) is 0 Å². The lowest BCUT2D eigenvalue weighted by molar-refractivity contribution is 0.0935. The average molecular weight is 301 g/mol. The van der Waals surface area contributed by atoms with Crippen molar-refractivity contribution >= 4 is 17.7 Å². The van der Waals surface area contributed by atoms with E-state index < -0.39 is 0 Å². The Morgan fingerprint density at radius 2 is 2.14 bits per heavy atom. The third-order valence-electron chi connectivity index (χ3n) is 3.60. The summed E-state index contributed by atoms with van der Waals surface area (Å²) in [7, 11) is 0. The van der Waals surface area contributed by atoms with Crippen molar-refractivity contribution in [2.24, 2.45) is 0 Å². The predicted molar refractivity (Wildman–Crippen MR) is 83.1 cm³/mol. The van der Waals surface area contributed by atoms with Crippen molar-refractivity contribution in [1.29, 1.82) is 0 Å². The monoisotopic (exact) mass is 301 g/mol. The smallest absolute Gasteiger partial charge is 0.251 e. The highest BCUT2D eigenvalue weighted by Gasteiger charge is 2.23. The molecule has 0 unspecified atom stereocenters. The van der Waals surface area contributed by atoms with E-state index in [4.69, 9.17) is 0 Å².